The number of rotatable bonds is 4. The van der Waals surface area contributed by atoms with E-state index in [0.717, 1.165) is 18.6 Å². The molecule has 0 bridgehead atoms. The molecular formula is C15H10Cl2INS2. The number of hydrogen-bond donors (Lipinski definition) is 1. The van der Waals surface area contributed by atoms with E-state index in [-0.39, 0.29) is 6.04 Å². The lowest BCUT2D eigenvalue weighted by molar-refractivity contribution is 0.993. The maximum Gasteiger partial charge on any atom is 0.0954 e. The zero-order valence-electron chi connectivity index (χ0n) is 10.6. The quantitative estimate of drug-likeness (QED) is 0.412. The molecule has 0 radical (unpaired) electrons. The first kappa shape index (κ1) is 15.6. The van der Waals surface area contributed by atoms with Gasteiger partial charge in [-0.15, -0.1) is 22.7 Å². The van der Waals surface area contributed by atoms with Crippen molar-refractivity contribution in [3.05, 3.63) is 70.5 Å². The average Bonchev–Trinajstić information content (AvgIpc) is 3.09. The summed E-state index contributed by atoms with van der Waals surface area (Å²) >= 11 is 18.0. The fraction of sp³-hybridized carbons (Fsp3) is 0.0667. The highest BCUT2D eigenvalue weighted by atomic mass is 127. The number of anilines is 1. The summed E-state index contributed by atoms with van der Waals surface area (Å²) in [6.45, 7) is 0. The van der Waals surface area contributed by atoms with Crippen molar-refractivity contribution in [2.24, 2.45) is 0 Å². The molecular weight excluding hydrogens is 456 g/mol. The minimum atomic E-state index is 0.0695. The number of nitrogens with one attached hydrogen (secondary N) is 1. The minimum Gasteiger partial charge on any atom is -0.372 e. The van der Waals surface area contributed by atoms with Crippen LogP contribution in [0, 0.1) is 3.57 Å². The smallest absolute Gasteiger partial charge is 0.0954 e. The molecule has 0 aliphatic rings. The van der Waals surface area contributed by atoms with E-state index in [1.165, 1.54) is 9.75 Å². The van der Waals surface area contributed by atoms with Gasteiger partial charge in [-0.05, 0) is 64.4 Å². The highest BCUT2D eigenvalue weighted by Gasteiger charge is 2.18. The van der Waals surface area contributed by atoms with Crippen molar-refractivity contribution in [3.63, 3.8) is 0 Å². The molecule has 0 aliphatic heterocycles. The lowest BCUT2D eigenvalue weighted by Crippen LogP contribution is -2.09. The second-order valence-electron chi connectivity index (χ2n) is 4.36. The Morgan fingerprint density at radius 2 is 1.90 bits per heavy atom. The van der Waals surface area contributed by atoms with Gasteiger partial charge >= 0.3 is 0 Å². The normalized spacial score (nSPS) is 12.3. The Bertz CT molecular complexity index is 740. The molecule has 0 saturated carbocycles. The van der Waals surface area contributed by atoms with Gasteiger partial charge < -0.3 is 5.32 Å². The largest absolute Gasteiger partial charge is 0.372 e. The van der Waals surface area contributed by atoms with Crippen LogP contribution in [-0.4, -0.2) is 0 Å². The molecule has 6 heteroatoms. The van der Waals surface area contributed by atoms with Crippen molar-refractivity contribution in [2.45, 2.75) is 6.04 Å². The van der Waals surface area contributed by atoms with Crippen LogP contribution < -0.4 is 5.32 Å². The fourth-order valence-electron chi connectivity index (χ4n) is 1.98. The van der Waals surface area contributed by atoms with Crippen LogP contribution in [-0.2, 0) is 0 Å². The zero-order valence-corrected chi connectivity index (χ0v) is 15.9. The Morgan fingerprint density at radius 3 is 2.52 bits per heavy atom. The molecule has 1 aromatic carbocycles. The third kappa shape index (κ3) is 3.74. The third-order valence-corrected chi connectivity index (χ3v) is 6.15. The molecule has 0 spiro atoms. The van der Waals surface area contributed by atoms with Crippen molar-refractivity contribution in [3.8, 4) is 0 Å². The van der Waals surface area contributed by atoms with Gasteiger partial charge in [0.05, 0.1) is 21.1 Å². The van der Waals surface area contributed by atoms with E-state index in [0.29, 0.717) is 0 Å². The maximum atomic E-state index is 6.34. The van der Waals surface area contributed by atoms with Crippen molar-refractivity contribution < 1.29 is 0 Å². The lowest BCUT2D eigenvalue weighted by atomic mass is 10.2. The van der Waals surface area contributed by atoms with E-state index >= 15 is 0 Å². The first-order valence-corrected chi connectivity index (χ1v) is 9.67. The highest BCUT2D eigenvalue weighted by molar-refractivity contribution is 14.1. The molecule has 0 fully saturated rings. The SMILES string of the molecule is Clc1ccc(C(Nc2ccc(I)cc2Cl)c2cccs2)s1. The van der Waals surface area contributed by atoms with Gasteiger partial charge in [0.2, 0.25) is 0 Å². The molecule has 1 nitrogen and oxygen atoms in total. The predicted molar refractivity (Wildman–Crippen MR) is 103 cm³/mol. The van der Waals surface area contributed by atoms with Crippen LogP contribution in [0.1, 0.15) is 15.8 Å². The first-order chi connectivity index (χ1) is 10.1. The Kier molecular flexibility index (Phi) is 5.11. The van der Waals surface area contributed by atoms with Gasteiger partial charge in [0.25, 0.3) is 0 Å². The molecule has 108 valence electrons. The first-order valence-electron chi connectivity index (χ1n) is 6.14. The summed E-state index contributed by atoms with van der Waals surface area (Å²) in [6.07, 6.45) is 0. The second-order valence-corrected chi connectivity index (χ2v) is 8.74. The van der Waals surface area contributed by atoms with Crippen LogP contribution in [0.3, 0.4) is 0 Å². The molecule has 2 aromatic heterocycles. The summed E-state index contributed by atoms with van der Waals surface area (Å²) in [5.74, 6) is 0. The summed E-state index contributed by atoms with van der Waals surface area (Å²) in [7, 11) is 0. The molecule has 21 heavy (non-hydrogen) atoms. The van der Waals surface area contributed by atoms with Gasteiger partial charge in [-0.3, -0.25) is 0 Å². The van der Waals surface area contributed by atoms with Gasteiger partial charge in [0, 0.05) is 13.3 Å². The van der Waals surface area contributed by atoms with Crippen LogP contribution in [0.2, 0.25) is 9.36 Å². The van der Waals surface area contributed by atoms with Crippen molar-refractivity contribution in [2.75, 3.05) is 5.32 Å². The molecule has 1 N–H and O–H groups in total. The van der Waals surface area contributed by atoms with E-state index < -0.39 is 0 Å². The van der Waals surface area contributed by atoms with Gasteiger partial charge in [-0.25, -0.2) is 0 Å². The number of hydrogen-bond acceptors (Lipinski definition) is 3. The van der Waals surface area contributed by atoms with Crippen LogP contribution in [0.5, 0.6) is 0 Å². The Morgan fingerprint density at radius 1 is 1.05 bits per heavy atom. The number of thiophene rings is 2. The van der Waals surface area contributed by atoms with Gasteiger partial charge in [0.15, 0.2) is 0 Å². The fourth-order valence-corrected chi connectivity index (χ4v) is 4.89. The monoisotopic (exact) mass is 465 g/mol. The second kappa shape index (κ2) is 6.87. The molecule has 0 aliphatic carbocycles. The highest BCUT2D eigenvalue weighted by Crippen LogP contribution is 2.37. The number of benzene rings is 1. The minimum absolute atomic E-state index is 0.0695. The van der Waals surface area contributed by atoms with Crippen molar-refractivity contribution in [1.82, 2.24) is 0 Å². The van der Waals surface area contributed by atoms with E-state index in [4.69, 9.17) is 23.2 Å². The van der Waals surface area contributed by atoms with Crippen molar-refractivity contribution in [1.29, 1.82) is 0 Å². The predicted octanol–water partition coefficient (Wildman–Crippen LogP) is 6.92. The summed E-state index contributed by atoms with van der Waals surface area (Å²) in [4.78, 5) is 2.42. The summed E-state index contributed by atoms with van der Waals surface area (Å²) in [6, 6.07) is 14.2. The van der Waals surface area contributed by atoms with Gasteiger partial charge in [-0.1, -0.05) is 29.3 Å². The Hall–Kier alpha value is -0.270. The van der Waals surface area contributed by atoms with E-state index in [9.17, 15) is 0 Å². The van der Waals surface area contributed by atoms with E-state index in [1.807, 2.05) is 24.3 Å². The van der Waals surface area contributed by atoms with Gasteiger partial charge in [0.1, 0.15) is 0 Å². The topological polar surface area (TPSA) is 12.0 Å². The van der Waals surface area contributed by atoms with Crippen LogP contribution in [0.4, 0.5) is 5.69 Å². The van der Waals surface area contributed by atoms with E-state index in [2.05, 4.69) is 51.5 Å². The molecule has 0 saturated heterocycles. The summed E-state index contributed by atoms with van der Waals surface area (Å²) < 4.78 is 1.91. The van der Waals surface area contributed by atoms with Crippen molar-refractivity contribution >= 4 is 74.2 Å². The molecule has 2 heterocycles. The molecule has 1 unspecified atom stereocenters. The van der Waals surface area contributed by atoms with Crippen LogP contribution in [0.15, 0.2) is 47.8 Å². The third-order valence-electron chi connectivity index (χ3n) is 2.94. The standard InChI is InChI=1S/C15H10Cl2INS2/c16-10-8-9(18)3-4-11(10)19-15(12-2-1-7-20-12)13-5-6-14(17)21-13/h1-8,15,19H. The summed E-state index contributed by atoms with van der Waals surface area (Å²) in [5.41, 5.74) is 0.931. The Balaban J connectivity index is 1.96. The van der Waals surface area contributed by atoms with E-state index in [1.54, 1.807) is 22.7 Å². The summed E-state index contributed by atoms with van der Waals surface area (Å²) in [5, 5.41) is 6.34. The zero-order chi connectivity index (χ0) is 14.8. The number of halogens is 3. The molecule has 1 atom stereocenters. The molecule has 3 rings (SSSR count). The Labute approximate surface area is 155 Å². The van der Waals surface area contributed by atoms with Gasteiger partial charge in [-0.2, -0.15) is 0 Å². The van der Waals surface area contributed by atoms with Crippen LogP contribution >= 0.6 is 68.5 Å². The average molecular weight is 466 g/mol. The molecule has 0 amide bonds. The molecule has 3 aromatic rings. The maximum absolute atomic E-state index is 6.34. The van der Waals surface area contributed by atoms with Crippen LogP contribution in [0.25, 0.3) is 0 Å². The lowest BCUT2D eigenvalue weighted by Gasteiger charge is -2.18.